The molecule has 3 rings (SSSR count). The predicted octanol–water partition coefficient (Wildman–Crippen LogP) is -0.208. The molecule has 0 radical (unpaired) electrons. The summed E-state index contributed by atoms with van der Waals surface area (Å²) in [4.78, 5) is 25.0. The van der Waals surface area contributed by atoms with Crippen molar-refractivity contribution < 1.29 is 14.4 Å². The quantitative estimate of drug-likeness (QED) is 0.701. The number of carbonyl (C=O) groups is 1. The number of likely N-dealkylation sites (tertiary alicyclic amines) is 1. The van der Waals surface area contributed by atoms with E-state index in [9.17, 15) is 14.7 Å². The van der Waals surface area contributed by atoms with E-state index in [1.807, 2.05) is 0 Å². The standard InChI is InChI=1S/C14H21N3O4/c18-9-10-8-15-4-1-14(10)2-5-17(6-3-14)13(20)11-7-12(19)16-21-11/h7,10,15,18H,1-6,8-9H2,(H,16,19). The molecule has 7 nitrogen and oxygen atoms in total. The van der Waals surface area contributed by atoms with Crippen LogP contribution in [-0.4, -0.2) is 53.9 Å². The van der Waals surface area contributed by atoms with E-state index < -0.39 is 5.56 Å². The Morgan fingerprint density at radius 1 is 1.43 bits per heavy atom. The molecule has 7 heteroatoms. The van der Waals surface area contributed by atoms with Gasteiger partial charge in [-0.3, -0.25) is 9.59 Å². The molecule has 2 saturated heterocycles. The second-order valence-corrected chi connectivity index (χ2v) is 6.07. The molecule has 0 aromatic carbocycles. The van der Waals surface area contributed by atoms with Gasteiger partial charge in [0.25, 0.3) is 11.5 Å². The van der Waals surface area contributed by atoms with E-state index in [1.54, 1.807) is 4.90 Å². The van der Waals surface area contributed by atoms with Crippen LogP contribution in [0.3, 0.4) is 0 Å². The molecule has 116 valence electrons. The predicted molar refractivity (Wildman–Crippen MR) is 75.0 cm³/mol. The number of aliphatic hydroxyl groups is 1. The molecule has 0 aliphatic carbocycles. The first-order valence-electron chi connectivity index (χ1n) is 7.44. The van der Waals surface area contributed by atoms with Gasteiger partial charge < -0.3 is 19.8 Å². The zero-order valence-corrected chi connectivity index (χ0v) is 11.9. The summed E-state index contributed by atoms with van der Waals surface area (Å²) in [5.41, 5.74) is -0.263. The zero-order chi connectivity index (χ0) is 14.9. The highest BCUT2D eigenvalue weighted by Gasteiger charge is 2.43. The highest BCUT2D eigenvalue weighted by atomic mass is 16.5. The Morgan fingerprint density at radius 2 is 2.19 bits per heavy atom. The second-order valence-electron chi connectivity index (χ2n) is 6.07. The fraction of sp³-hybridized carbons (Fsp3) is 0.714. The van der Waals surface area contributed by atoms with Crippen molar-refractivity contribution in [1.82, 2.24) is 15.4 Å². The Hall–Kier alpha value is -1.60. The van der Waals surface area contributed by atoms with Crippen LogP contribution in [0.4, 0.5) is 0 Å². The monoisotopic (exact) mass is 295 g/mol. The summed E-state index contributed by atoms with van der Waals surface area (Å²) < 4.78 is 4.88. The van der Waals surface area contributed by atoms with Gasteiger partial charge in [0.05, 0.1) is 6.07 Å². The summed E-state index contributed by atoms with van der Waals surface area (Å²) in [5, 5.41) is 15.1. The summed E-state index contributed by atoms with van der Waals surface area (Å²) in [6.07, 6.45) is 2.82. The Kier molecular flexibility index (Phi) is 3.86. The Balaban J connectivity index is 1.67. The van der Waals surface area contributed by atoms with Crippen molar-refractivity contribution in [2.24, 2.45) is 11.3 Å². The van der Waals surface area contributed by atoms with Crippen molar-refractivity contribution in [3.63, 3.8) is 0 Å². The minimum Gasteiger partial charge on any atom is -0.396 e. The van der Waals surface area contributed by atoms with Crippen LogP contribution in [-0.2, 0) is 0 Å². The number of hydrogen-bond acceptors (Lipinski definition) is 5. The van der Waals surface area contributed by atoms with Crippen molar-refractivity contribution in [3.05, 3.63) is 22.2 Å². The average molecular weight is 295 g/mol. The lowest BCUT2D eigenvalue weighted by molar-refractivity contribution is -0.00217. The molecule has 0 bridgehead atoms. The number of aliphatic hydroxyl groups excluding tert-OH is 1. The average Bonchev–Trinajstić information content (AvgIpc) is 2.94. The summed E-state index contributed by atoms with van der Waals surface area (Å²) in [6.45, 7) is 3.29. The number of aromatic nitrogens is 1. The topological polar surface area (TPSA) is 98.6 Å². The van der Waals surface area contributed by atoms with E-state index in [1.165, 1.54) is 6.07 Å². The number of nitrogens with zero attached hydrogens (tertiary/aromatic N) is 1. The molecule has 1 amide bonds. The maximum absolute atomic E-state index is 12.2. The molecule has 1 unspecified atom stereocenters. The number of carbonyl (C=O) groups excluding carboxylic acids is 1. The van der Waals surface area contributed by atoms with Gasteiger partial charge in [-0.05, 0) is 31.2 Å². The highest BCUT2D eigenvalue weighted by molar-refractivity contribution is 5.91. The number of amides is 1. The van der Waals surface area contributed by atoms with Crippen LogP contribution >= 0.6 is 0 Å². The molecule has 3 heterocycles. The van der Waals surface area contributed by atoms with Crippen molar-refractivity contribution in [2.75, 3.05) is 32.8 Å². The number of aromatic amines is 1. The van der Waals surface area contributed by atoms with Crippen LogP contribution in [0.1, 0.15) is 29.8 Å². The van der Waals surface area contributed by atoms with Gasteiger partial charge in [0.2, 0.25) is 5.76 Å². The summed E-state index contributed by atoms with van der Waals surface area (Å²) in [6, 6.07) is 1.19. The second kappa shape index (κ2) is 5.65. The molecule has 1 aromatic heterocycles. The molecular weight excluding hydrogens is 274 g/mol. The minimum atomic E-state index is -0.398. The largest absolute Gasteiger partial charge is 0.396 e. The van der Waals surface area contributed by atoms with Crippen LogP contribution in [0.25, 0.3) is 0 Å². The van der Waals surface area contributed by atoms with E-state index in [0.29, 0.717) is 13.1 Å². The van der Waals surface area contributed by atoms with Gasteiger partial charge in [0.1, 0.15) is 0 Å². The lowest BCUT2D eigenvalue weighted by Crippen LogP contribution is -2.53. The van der Waals surface area contributed by atoms with Crippen LogP contribution in [0.2, 0.25) is 0 Å². The van der Waals surface area contributed by atoms with Gasteiger partial charge in [-0.2, -0.15) is 5.16 Å². The third kappa shape index (κ3) is 2.63. The Morgan fingerprint density at radius 3 is 2.81 bits per heavy atom. The van der Waals surface area contributed by atoms with Crippen LogP contribution in [0.15, 0.2) is 15.4 Å². The molecule has 1 spiro atoms. The van der Waals surface area contributed by atoms with Crippen LogP contribution < -0.4 is 10.9 Å². The van der Waals surface area contributed by atoms with E-state index in [4.69, 9.17) is 4.52 Å². The first-order chi connectivity index (χ1) is 10.1. The number of piperidine rings is 2. The Labute approximate surface area is 122 Å². The van der Waals surface area contributed by atoms with Crippen molar-refractivity contribution in [2.45, 2.75) is 19.3 Å². The molecule has 1 aromatic rings. The normalized spacial score (nSPS) is 25.2. The number of hydrogen-bond donors (Lipinski definition) is 3. The maximum atomic E-state index is 12.2. The van der Waals surface area contributed by atoms with E-state index in [0.717, 1.165) is 32.4 Å². The molecule has 3 N–H and O–H groups in total. The van der Waals surface area contributed by atoms with E-state index in [2.05, 4.69) is 10.5 Å². The minimum absolute atomic E-state index is 0.0694. The summed E-state index contributed by atoms with van der Waals surface area (Å²) >= 11 is 0. The molecule has 2 aliphatic heterocycles. The van der Waals surface area contributed by atoms with Gasteiger partial charge in [0.15, 0.2) is 0 Å². The van der Waals surface area contributed by atoms with Crippen LogP contribution in [0, 0.1) is 11.3 Å². The Bertz CT molecular complexity index is 557. The lowest BCUT2D eigenvalue weighted by Gasteiger charge is -2.48. The fourth-order valence-corrected chi connectivity index (χ4v) is 3.65. The first kappa shape index (κ1) is 14.3. The fourth-order valence-electron chi connectivity index (χ4n) is 3.65. The summed E-state index contributed by atoms with van der Waals surface area (Å²) in [5.74, 6) is 0.0892. The van der Waals surface area contributed by atoms with Crippen molar-refractivity contribution in [1.29, 1.82) is 0 Å². The highest BCUT2D eigenvalue weighted by Crippen LogP contribution is 2.43. The molecular formula is C14H21N3O4. The maximum Gasteiger partial charge on any atom is 0.292 e. The smallest absolute Gasteiger partial charge is 0.292 e. The SMILES string of the molecule is O=C(c1cc(=O)[nH]o1)N1CCC2(CCNCC2CO)CC1. The summed E-state index contributed by atoms with van der Waals surface area (Å²) in [7, 11) is 0. The van der Waals surface area contributed by atoms with Gasteiger partial charge >= 0.3 is 0 Å². The van der Waals surface area contributed by atoms with Crippen molar-refractivity contribution in [3.8, 4) is 0 Å². The van der Waals surface area contributed by atoms with Gasteiger partial charge in [-0.25, -0.2) is 0 Å². The van der Waals surface area contributed by atoms with E-state index in [-0.39, 0.29) is 29.6 Å². The number of nitrogens with one attached hydrogen (secondary N) is 2. The third-order valence-corrected chi connectivity index (χ3v) is 5.06. The molecule has 21 heavy (non-hydrogen) atoms. The zero-order valence-electron chi connectivity index (χ0n) is 11.9. The number of rotatable bonds is 2. The number of H-pyrrole nitrogens is 1. The molecule has 2 fully saturated rings. The molecule has 0 saturated carbocycles. The van der Waals surface area contributed by atoms with Gasteiger partial charge in [0, 0.05) is 32.2 Å². The lowest BCUT2D eigenvalue weighted by atomic mass is 9.65. The molecule has 2 aliphatic rings. The van der Waals surface area contributed by atoms with Gasteiger partial charge in [-0.1, -0.05) is 0 Å². The molecule has 1 atom stereocenters. The van der Waals surface area contributed by atoms with Crippen molar-refractivity contribution >= 4 is 5.91 Å². The van der Waals surface area contributed by atoms with Crippen LogP contribution in [0.5, 0.6) is 0 Å². The third-order valence-electron chi connectivity index (χ3n) is 5.06. The first-order valence-corrected chi connectivity index (χ1v) is 7.44. The van der Waals surface area contributed by atoms with Gasteiger partial charge in [-0.15, -0.1) is 0 Å². The van der Waals surface area contributed by atoms with E-state index >= 15 is 0 Å².